The van der Waals surface area contributed by atoms with Crippen molar-refractivity contribution in [2.45, 2.75) is 19.3 Å². The van der Waals surface area contributed by atoms with Crippen molar-refractivity contribution in [3.8, 4) is 17.2 Å². The highest BCUT2D eigenvalue weighted by atomic mass is 32.1. The maximum absolute atomic E-state index is 5.91. The molecule has 0 spiro atoms. The van der Waals surface area contributed by atoms with Gasteiger partial charge < -0.3 is 19.9 Å². The molecule has 0 radical (unpaired) electrons. The molecule has 0 aromatic heterocycles. The predicted molar refractivity (Wildman–Crippen MR) is 78.1 cm³/mol. The first kappa shape index (κ1) is 13.9. The van der Waals surface area contributed by atoms with Crippen LogP contribution < -0.4 is 19.9 Å². The van der Waals surface area contributed by atoms with Crippen LogP contribution in [0.4, 0.5) is 0 Å². The molecule has 2 rings (SSSR count). The minimum absolute atomic E-state index is 0.109. The first-order chi connectivity index (χ1) is 9.10. The molecular weight excluding hydrogens is 262 g/mol. The molecule has 1 fully saturated rings. The Balaban J connectivity index is 2.09. The number of rotatable bonds is 7. The Hall–Kier alpha value is -1.49. The van der Waals surface area contributed by atoms with Crippen molar-refractivity contribution >= 4 is 17.2 Å². The summed E-state index contributed by atoms with van der Waals surface area (Å²) in [6, 6.07) is 5.57. The average molecular weight is 281 g/mol. The molecule has 2 N–H and O–H groups in total. The van der Waals surface area contributed by atoms with E-state index in [2.05, 4.69) is 0 Å². The normalized spacial score (nSPS) is 15.7. The summed E-state index contributed by atoms with van der Waals surface area (Å²) in [6.07, 6.45) is 2.93. The summed E-state index contributed by atoms with van der Waals surface area (Å²) in [5, 5.41) is 0. The van der Waals surface area contributed by atoms with Gasteiger partial charge >= 0.3 is 0 Å². The van der Waals surface area contributed by atoms with Crippen LogP contribution in [-0.2, 0) is 0 Å². The molecular formula is C14H19NO3S. The van der Waals surface area contributed by atoms with Gasteiger partial charge in [-0.2, -0.15) is 0 Å². The van der Waals surface area contributed by atoms with Gasteiger partial charge in [0.2, 0.25) is 5.75 Å². The van der Waals surface area contributed by atoms with Crippen molar-refractivity contribution in [1.82, 2.24) is 0 Å². The summed E-state index contributed by atoms with van der Waals surface area (Å²) in [6.45, 7) is 0.584. The van der Waals surface area contributed by atoms with Gasteiger partial charge in [-0.3, -0.25) is 0 Å². The second-order valence-electron chi connectivity index (χ2n) is 4.92. The SMILES string of the molecule is COc1cccc(OC)c1OCC1(CC(N)=S)CC1. The third-order valence-electron chi connectivity index (χ3n) is 3.41. The third kappa shape index (κ3) is 3.29. The van der Waals surface area contributed by atoms with Crippen LogP contribution in [0.2, 0.25) is 0 Å². The maximum atomic E-state index is 5.91. The summed E-state index contributed by atoms with van der Waals surface area (Å²) < 4.78 is 16.5. The van der Waals surface area contributed by atoms with Gasteiger partial charge in [-0.05, 0) is 25.0 Å². The molecule has 1 aliphatic rings. The van der Waals surface area contributed by atoms with E-state index in [0.29, 0.717) is 28.8 Å². The van der Waals surface area contributed by atoms with Crippen molar-refractivity contribution in [2.75, 3.05) is 20.8 Å². The monoisotopic (exact) mass is 281 g/mol. The number of hydrogen-bond acceptors (Lipinski definition) is 4. The van der Waals surface area contributed by atoms with Gasteiger partial charge in [0.1, 0.15) is 0 Å². The van der Waals surface area contributed by atoms with Crippen LogP contribution in [0, 0.1) is 5.41 Å². The summed E-state index contributed by atoms with van der Waals surface area (Å²) in [4.78, 5) is 0.549. The van der Waals surface area contributed by atoms with Crippen molar-refractivity contribution < 1.29 is 14.2 Å². The Morgan fingerprint density at radius 2 is 1.84 bits per heavy atom. The maximum Gasteiger partial charge on any atom is 0.203 e. The zero-order valence-corrected chi connectivity index (χ0v) is 12.1. The number of para-hydroxylation sites is 1. The molecule has 1 aromatic carbocycles. The second-order valence-corrected chi connectivity index (χ2v) is 5.45. The highest BCUT2D eigenvalue weighted by Crippen LogP contribution is 2.50. The van der Waals surface area contributed by atoms with E-state index in [1.165, 1.54) is 0 Å². The molecule has 1 saturated carbocycles. The van der Waals surface area contributed by atoms with Crippen molar-refractivity contribution in [2.24, 2.45) is 11.1 Å². The van der Waals surface area contributed by atoms with Crippen molar-refractivity contribution in [3.63, 3.8) is 0 Å². The molecule has 0 aliphatic heterocycles. The molecule has 0 amide bonds. The Morgan fingerprint density at radius 1 is 1.26 bits per heavy atom. The van der Waals surface area contributed by atoms with Crippen LogP contribution in [0.3, 0.4) is 0 Å². The lowest BCUT2D eigenvalue weighted by atomic mass is 10.0. The molecule has 0 atom stereocenters. The Morgan fingerprint density at radius 3 is 2.26 bits per heavy atom. The molecule has 104 valence electrons. The predicted octanol–water partition coefficient (Wildman–Crippen LogP) is 2.54. The van der Waals surface area contributed by atoms with Crippen LogP contribution in [0.25, 0.3) is 0 Å². The number of ether oxygens (including phenoxy) is 3. The fourth-order valence-electron chi connectivity index (χ4n) is 2.10. The van der Waals surface area contributed by atoms with E-state index in [-0.39, 0.29) is 5.41 Å². The Labute approximate surface area is 118 Å². The van der Waals surface area contributed by atoms with Crippen LogP contribution >= 0.6 is 12.2 Å². The fourth-order valence-corrected chi connectivity index (χ4v) is 2.41. The highest BCUT2D eigenvalue weighted by Gasteiger charge is 2.44. The van der Waals surface area contributed by atoms with Gasteiger partial charge in [0.05, 0.1) is 25.8 Å². The number of benzene rings is 1. The van der Waals surface area contributed by atoms with Crippen LogP contribution in [0.5, 0.6) is 17.2 Å². The Bertz CT molecular complexity index is 450. The standard InChI is InChI=1S/C14H19NO3S/c1-16-10-4-3-5-11(17-2)13(10)18-9-14(6-7-14)8-12(15)19/h3-5H,6-9H2,1-2H3,(H2,15,19). The van der Waals surface area contributed by atoms with Gasteiger partial charge in [0.25, 0.3) is 0 Å². The van der Waals surface area contributed by atoms with Crippen molar-refractivity contribution in [1.29, 1.82) is 0 Å². The first-order valence-corrected chi connectivity index (χ1v) is 6.63. The van der Waals surface area contributed by atoms with Gasteiger partial charge in [-0.15, -0.1) is 0 Å². The number of nitrogens with two attached hydrogens (primary N) is 1. The number of hydrogen-bond donors (Lipinski definition) is 1. The van der Waals surface area contributed by atoms with E-state index in [1.54, 1.807) is 14.2 Å². The second kappa shape index (κ2) is 5.65. The van der Waals surface area contributed by atoms with E-state index >= 15 is 0 Å². The Kier molecular flexibility index (Phi) is 4.14. The molecule has 4 nitrogen and oxygen atoms in total. The van der Waals surface area contributed by atoms with E-state index in [0.717, 1.165) is 19.3 Å². The topological polar surface area (TPSA) is 53.7 Å². The van der Waals surface area contributed by atoms with Crippen molar-refractivity contribution in [3.05, 3.63) is 18.2 Å². The van der Waals surface area contributed by atoms with Gasteiger partial charge in [-0.25, -0.2) is 0 Å². The van der Waals surface area contributed by atoms with Gasteiger partial charge in [0, 0.05) is 11.8 Å². The quantitative estimate of drug-likeness (QED) is 0.778. The number of methoxy groups -OCH3 is 2. The van der Waals surface area contributed by atoms with E-state index in [4.69, 9.17) is 32.2 Å². The fraction of sp³-hybridized carbons (Fsp3) is 0.500. The third-order valence-corrected chi connectivity index (χ3v) is 3.56. The molecule has 0 unspecified atom stereocenters. The van der Waals surface area contributed by atoms with E-state index < -0.39 is 0 Å². The summed E-state index contributed by atoms with van der Waals surface area (Å²) in [7, 11) is 3.23. The highest BCUT2D eigenvalue weighted by molar-refractivity contribution is 7.80. The lowest BCUT2D eigenvalue weighted by Gasteiger charge is -2.18. The molecule has 1 aliphatic carbocycles. The van der Waals surface area contributed by atoms with Gasteiger partial charge in [-0.1, -0.05) is 18.3 Å². The zero-order chi connectivity index (χ0) is 13.9. The summed E-state index contributed by atoms with van der Waals surface area (Å²) in [5.74, 6) is 1.98. The first-order valence-electron chi connectivity index (χ1n) is 6.22. The average Bonchev–Trinajstić information content (AvgIpc) is 3.15. The molecule has 0 bridgehead atoms. The minimum Gasteiger partial charge on any atom is -0.493 e. The molecule has 1 aromatic rings. The molecule has 5 heteroatoms. The molecule has 0 heterocycles. The van der Waals surface area contributed by atoms with E-state index in [1.807, 2.05) is 18.2 Å². The van der Waals surface area contributed by atoms with Gasteiger partial charge in [0.15, 0.2) is 11.5 Å². The smallest absolute Gasteiger partial charge is 0.203 e. The number of thiocarbonyl (C=S) groups is 1. The lowest BCUT2D eigenvalue weighted by Crippen LogP contribution is -2.21. The van der Waals surface area contributed by atoms with E-state index in [9.17, 15) is 0 Å². The summed E-state index contributed by atoms with van der Waals surface area (Å²) >= 11 is 4.98. The summed E-state index contributed by atoms with van der Waals surface area (Å²) in [5.41, 5.74) is 5.74. The largest absolute Gasteiger partial charge is 0.493 e. The zero-order valence-electron chi connectivity index (χ0n) is 11.3. The molecule has 0 saturated heterocycles. The molecule has 19 heavy (non-hydrogen) atoms. The minimum atomic E-state index is 0.109. The van der Waals surface area contributed by atoms with Crippen LogP contribution in [0.1, 0.15) is 19.3 Å². The lowest BCUT2D eigenvalue weighted by molar-refractivity contribution is 0.219. The van der Waals surface area contributed by atoms with Crippen LogP contribution in [-0.4, -0.2) is 25.8 Å². The van der Waals surface area contributed by atoms with Crippen LogP contribution in [0.15, 0.2) is 18.2 Å².